The number of hydrazine groups is 1. The second-order valence-electron chi connectivity index (χ2n) is 7.61. The normalized spacial score (nSPS) is 12.9. The van der Waals surface area contributed by atoms with Gasteiger partial charge in [-0.25, -0.2) is 4.98 Å². The number of hydrogen-bond donors (Lipinski definition) is 2. The number of hydrogen-bond acceptors (Lipinski definition) is 7. The first-order chi connectivity index (χ1) is 15.5. The highest BCUT2D eigenvalue weighted by Crippen LogP contribution is 2.29. The van der Waals surface area contributed by atoms with Gasteiger partial charge in [0.15, 0.2) is 0 Å². The third-order valence-corrected chi connectivity index (χ3v) is 5.59. The maximum absolute atomic E-state index is 13.4. The third kappa shape index (κ3) is 4.13. The molecule has 3 heterocycles. The molecule has 9 heteroatoms. The minimum absolute atomic E-state index is 0.0731. The molecule has 164 valence electrons. The number of carbonyl (C=O) groups is 1. The Balaban J connectivity index is 1.61. The van der Waals surface area contributed by atoms with Gasteiger partial charge >= 0.3 is 0 Å². The van der Waals surface area contributed by atoms with Crippen molar-refractivity contribution in [2.24, 2.45) is 5.84 Å². The largest absolute Gasteiger partial charge is 0.492 e. The number of nitrogens with zero attached hydrogens (tertiary/aromatic N) is 5. The quantitative estimate of drug-likeness (QED) is 0.435. The number of anilines is 1. The highest BCUT2D eigenvalue weighted by molar-refractivity contribution is 5.98. The van der Waals surface area contributed by atoms with Crippen LogP contribution in [-0.2, 0) is 19.5 Å². The van der Waals surface area contributed by atoms with Crippen LogP contribution < -0.4 is 16.0 Å². The lowest BCUT2D eigenvalue weighted by Crippen LogP contribution is -2.38. The van der Waals surface area contributed by atoms with Gasteiger partial charge in [0.25, 0.3) is 5.91 Å². The molecule has 0 aliphatic carbocycles. The Kier molecular flexibility index (Phi) is 6.05. The average molecular weight is 432 g/mol. The lowest BCUT2D eigenvalue weighted by atomic mass is 9.94. The number of nitriles is 1. The van der Waals surface area contributed by atoms with Crippen molar-refractivity contribution in [3.05, 3.63) is 70.6 Å². The monoisotopic (exact) mass is 431 g/mol. The molecule has 0 saturated carbocycles. The lowest BCUT2D eigenvalue weighted by Gasteiger charge is -2.30. The van der Waals surface area contributed by atoms with Crippen molar-refractivity contribution in [2.45, 2.75) is 33.4 Å². The average Bonchev–Trinajstić information content (AvgIpc) is 3.20. The Morgan fingerprint density at radius 1 is 1.28 bits per heavy atom. The fraction of sp³-hybridized carbons (Fsp3) is 0.304. The van der Waals surface area contributed by atoms with Gasteiger partial charge in [-0.3, -0.25) is 15.6 Å². The Labute approximate surface area is 186 Å². The molecule has 1 amide bonds. The second kappa shape index (κ2) is 9.08. The van der Waals surface area contributed by atoms with Crippen LogP contribution in [0.3, 0.4) is 0 Å². The highest BCUT2D eigenvalue weighted by Gasteiger charge is 2.27. The molecule has 1 aliphatic rings. The van der Waals surface area contributed by atoms with Gasteiger partial charge < -0.3 is 19.6 Å². The molecule has 0 spiro atoms. The van der Waals surface area contributed by atoms with Crippen molar-refractivity contribution >= 4 is 11.6 Å². The molecule has 4 rings (SSSR count). The summed E-state index contributed by atoms with van der Waals surface area (Å²) in [6, 6.07) is 7.73. The van der Waals surface area contributed by atoms with Crippen LogP contribution in [-0.4, -0.2) is 38.5 Å². The van der Waals surface area contributed by atoms with E-state index >= 15 is 0 Å². The van der Waals surface area contributed by atoms with Crippen LogP contribution in [0.25, 0.3) is 0 Å². The zero-order chi connectivity index (χ0) is 22.7. The van der Waals surface area contributed by atoms with Crippen molar-refractivity contribution in [2.75, 3.05) is 18.6 Å². The number of aromatic nitrogens is 3. The van der Waals surface area contributed by atoms with Crippen LogP contribution in [0.5, 0.6) is 5.75 Å². The predicted molar refractivity (Wildman–Crippen MR) is 119 cm³/mol. The van der Waals surface area contributed by atoms with Gasteiger partial charge in [-0.15, -0.1) is 0 Å². The Morgan fingerprint density at radius 2 is 2.12 bits per heavy atom. The number of pyridine rings is 1. The first-order valence-electron chi connectivity index (χ1n) is 10.4. The molecule has 0 saturated heterocycles. The van der Waals surface area contributed by atoms with E-state index in [2.05, 4.69) is 21.5 Å². The summed E-state index contributed by atoms with van der Waals surface area (Å²) in [4.78, 5) is 23.7. The zero-order valence-corrected chi connectivity index (χ0v) is 18.1. The lowest BCUT2D eigenvalue weighted by molar-refractivity contribution is 0.0725. The number of nitrogen functional groups attached to an aromatic ring is 1. The molecule has 0 fully saturated rings. The fourth-order valence-corrected chi connectivity index (χ4v) is 3.97. The topological polar surface area (TPSA) is 122 Å². The fourth-order valence-electron chi connectivity index (χ4n) is 3.97. The van der Waals surface area contributed by atoms with Crippen LogP contribution in [0.15, 0.2) is 36.8 Å². The molecular weight excluding hydrogens is 406 g/mol. The van der Waals surface area contributed by atoms with E-state index in [9.17, 15) is 10.1 Å². The van der Waals surface area contributed by atoms with E-state index in [1.807, 2.05) is 36.7 Å². The molecular formula is C23H25N7O2. The number of benzene rings is 1. The number of amides is 1. The maximum atomic E-state index is 13.4. The van der Waals surface area contributed by atoms with Crippen molar-refractivity contribution in [3.8, 4) is 11.8 Å². The van der Waals surface area contributed by atoms with E-state index in [-0.39, 0.29) is 5.91 Å². The molecule has 2 aromatic heterocycles. The van der Waals surface area contributed by atoms with Gasteiger partial charge in [0.1, 0.15) is 23.2 Å². The third-order valence-electron chi connectivity index (χ3n) is 5.59. The second-order valence-corrected chi connectivity index (χ2v) is 7.61. The molecule has 3 N–H and O–H groups in total. The Morgan fingerprint density at radius 3 is 2.81 bits per heavy atom. The van der Waals surface area contributed by atoms with Gasteiger partial charge in [0.05, 0.1) is 24.5 Å². The SMILES string of the molecule is CCOc1cc(CN2CCc3c(NN)cc(Cn4ccnc4C)cc3C2=O)ncc1C#N. The Bertz CT molecular complexity index is 1200. The molecule has 0 bridgehead atoms. The minimum atomic E-state index is -0.0731. The predicted octanol–water partition coefficient (Wildman–Crippen LogP) is 2.39. The van der Waals surface area contributed by atoms with E-state index in [1.165, 1.54) is 6.20 Å². The number of rotatable bonds is 7. The standard InChI is InChI=1S/C23H25N7O2/c1-3-32-22-10-18(27-12-17(22)11-24)14-30-6-4-19-20(23(30)31)8-16(9-21(19)28-25)13-29-7-5-26-15(29)2/h5,7-10,12,28H,3-4,6,13-14,25H2,1-2H3. The molecule has 0 unspecified atom stereocenters. The van der Waals surface area contributed by atoms with Crippen molar-refractivity contribution in [1.29, 1.82) is 5.26 Å². The highest BCUT2D eigenvalue weighted by atomic mass is 16.5. The van der Waals surface area contributed by atoms with Crippen molar-refractivity contribution < 1.29 is 9.53 Å². The van der Waals surface area contributed by atoms with Gasteiger partial charge in [-0.2, -0.15) is 5.26 Å². The summed E-state index contributed by atoms with van der Waals surface area (Å²) >= 11 is 0. The molecule has 3 aromatic rings. The van der Waals surface area contributed by atoms with Gasteiger partial charge in [-0.05, 0) is 43.5 Å². The number of nitrogens with one attached hydrogen (secondary N) is 1. The summed E-state index contributed by atoms with van der Waals surface area (Å²) in [7, 11) is 0. The van der Waals surface area contributed by atoms with E-state index in [0.717, 1.165) is 22.6 Å². The van der Waals surface area contributed by atoms with Crippen molar-refractivity contribution in [1.82, 2.24) is 19.4 Å². The zero-order valence-electron chi connectivity index (χ0n) is 18.1. The van der Waals surface area contributed by atoms with Crippen LogP contribution in [0.2, 0.25) is 0 Å². The number of ether oxygens (including phenoxy) is 1. The molecule has 0 radical (unpaired) electrons. The first-order valence-corrected chi connectivity index (χ1v) is 10.4. The Hall–Kier alpha value is -3.90. The summed E-state index contributed by atoms with van der Waals surface area (Å²) in [5.41, 5.74) is 7.09. The van der Waals surface area contributed by atoms with Crippen LogP contribution in [0, 0.1) is 18.3 Å². The molecule has 9 nitrogen and oxygen atoms in total. The van der Waals surface area contributed by atoms with Crippen LogP contribution >= 0.6 is 0 Å². The van der Waals surface area contributed by atoms with Gasteiger partial charge in [-0.1, -0.05) is 0 Å². The first kappa shape index (κ1) is 21.3. The summed E-state index contributed by atoms with van der Waals surface area (Å²) in [5.74, 6) is 7.09. The van der Waals surface area contributed by atoms with Crippen molar-refractivity contribution in [3.63, 3.8) is 0 Å². The number of aryl methyl sites for hydroxylation is 1. The smallest absolute Gasteiger partial charge is 0.254 e. The number of carbonyl (C=O) groups excluding carboxylic acids is 1. The van der Waals surface area contributed by atoms with E-state index < -0.39 is 0 Å². The van der Waals surface area contributed by atoms with Gasteiger partial charge in [0.2, 0.25) is 0 Å². The molecule has 1 aliphatic heterocycles. The number of nitrogens with two attached hydrogens (primary N) is 1. The minimum Gasteiger partial charge on any atom is -0.492 e. The summed E-state index contributed by atoms with van der Waals surface area (Å²) in [6.45, 7) is 5.72. The number of imidazole rings is 1. The molecule has 32 heavy (non-hydrogen) atoms. The molecule has 0 atom stereocenters. The maximum Gasteiger partial charge on any atom is 0.254 e. The number of fused-ring (bicyclic) bond motifs is 1. The van der Waals surface area contributed by atoms with Gasteiger partial charge in [0, 0.05) is 43.3 Å². The summed E-state index contributed by atoms with van der Waals surface area (Å²) in [5, 5.41) is 9.24. The van der Waals surface area contributed by atoms with E-state index in [4.69, 9.17) is 10.6 Å². The molecule has 1 aromatic carbocycles. The van der Waals surface area contributed by atoms with Crippen LogP contribution in [0.1, 0.15) is 45.5 Å². The van der Waals surface area contributed by atoms with Crippen LogP contribution in [0.4, 0.5) is 5.69 Å². The summed E-state index contributed by atoms with van der Waals surface area (Å²) < 4.78 is 7.57. The summed E-state index contributed by atoms with van der Waals surface area (Å²) in [6.07, 6.45) is 5.83. The van der Waals surface area contributed by atoms with E-state index in [0.29, 0.717) is 55.2 Å². The van der Waals surface area contributed by atoms with E-state index in [1.54, 1.807) is 17.2 Å².